The first-order chi connectivity index (χ1) is 9.44. The van der Waals surface area contributed by atoms with Gasteiger partial charge < -0.3 is 10.0 Å². The molecule has 0 aromatic carbocycles. The Balaban J connectivity index is 2.25. The summed E-state index contributed by atoms with van der Waals surface area (Å²) in [5.41, 5.74) is 0.227. The molecule has 1 N–H and O–H groups in total. The Bertz CT molecular complexity index is 605. The molecule has 0 radical (unpaired) electrons. The van der Waals surface area contributed by atoms with Crippen molar-refractivity contribution >= 4 is 31.7 Å². The second-order valence-electron chi connectivity index (χ2n) is 4.61. The zero-order valence-corrected chi connectivity index (χ0v) is 13.1. The van der Waals surface area contributed by atoms with Crippen LogP contribution in [0.4, 0.5) is 0 Å². The maximum atomic E-state index is 12.5. The zero-order chi connectivity index (χ0) is 14.8. The molecular weight excluding hydrogens is 348 g/mol. The van der Waals surface area contributed by atoms with Crippen LogP contribution in [0.25, 0.3) is 0 Å². The van der Waals surface area contributed by atoms with E-state index >= 15 is 0 Å². The summed E-state index contributed by atoms with van der Waals surface area (Å²) in [4.78, 5) is 17.9. The number of carbonyl (C=O) groups is 1. The number of aliphatic hydroxyl groups excluding tert-OH is 1. The number of hydrogen-bond acceptors (Lipinski definition) is 5. The van der Waals surface area contributed by atoms with Gasteiger partial charge in [-0.2, -0.15) is 0 Å². The van der Waals surface area contributed by atoms with E-state index in [1.807, 2.05) is 0 Å². The summed E-state index contributed by atoms with van der Waals surface area (Å²) in [6.45, 7) is -0.116. The summed E-state index contributed by atoms with van der Waals surface area (Å²) in [6.07, 6.45) is 1.90. The van der Waals surface area contributed by atoms with Crippen LogP contribution in [0.5, 0.6) is 0 Å². The molecule has 0 saturated carbocycles. The molecule has 1 amide bonds. The predicted octanol–water partition coefficient (Wildman–Crippen LogP) is 0.466. The van der Waals surface area contributed by atoms with Crippen molar-refractivity contribution < 1.29 is 18.3 Å². The van der Waals surface area contributed by atoms with Crippen molar-refractivity contribution in [2.45, 2.75) is 12.5 Å². The lowest BCUT2D eigenvalue weighted by atomic mass is 10.2. The Kier molecular flexibility index (Phi) is 4.77. The summed E-state index contributed by atoms with van der Waals surface area (Å²) < 4.78 is 23.7. The van der Waals surface area contributed by atoms with Gasteiger partial charge in [-0.05, 0) is 34.5 Å². The third kappa shape index (κ3) is 3.36. The van der Waals surface area contributed by atoms with Crippen molar-refractivity contribution in [3.63, 3.8) is 0 Å². The van der Waals surface area contributed by atoms with Crippen molar-refractivity contribution in [1.29, 1.82) is 0 Å². The van der Waals surface area contributed by atoms with E-state index in [1.54, 1.807) is 12.1 Å². The molecule has 1 aromatic heterocycles. The standard InChI is InChI=1S/C12H15BrN2O4S/c13-10-2-1-4-14-11(10)12(17)15(5-6-16)9-3-7-20(18,19)8-9/h1-2,4,9,16H,3,5-8H2. The summed E-state index contributed by atoms with van der Waals surface area (Å²) in [5, 5.41) is 9.12. The molecule has 1 aromatic rings. The summed E-state index contributed by atoms with van der Waals surface area (Å²) in [5.74, 6) is -0.340. The highest BCUT2D eigenvalue weighted by Crippen LogP contribution is 2.22. The third-order valence-corrected chi connectivity index (χ3v) is 5.60. The van der Waals surface area contributed by atoms with Crippen molar-refractivity contribution in [3.05, 3.63) is 28.5 Å². The number of aliphatic hydroxyl groups is 1. The number of aromatic nitrogens is 1. The van der Waals surface area contributed by atoms with E-state index in [-0.39, 0.29) is 36.3 Å². The van der Waals surface area contributed by atoms with E-state index in [9.17, 15) is 13.2 Å². The van der Waals surface area contributed by atoms with E-state index in [2.05, 4.69) is 20.9 Å². The third-order valence-electron chi connectivity index (χ3n) is 3.21. The van der Waals surface area contributed by atoms with Gasteiger partial charge in [0.15, 0.2) is 9.84 Å². The molecule has 1 fully saturated rings. The fourth-order valence-corrected chi connectivity index (χ4v) is 4.41. The minimum Gasteiger partial charge on any atom is -0.395 e. The van der Waals surface area contributed by atoms with Crippen LogP contribution in [0.2, 0.25) is 0 Å². The zero-order valence-electron chi connectivity index (χ0n) is 10.7. The fraction of sp³-hybridized carbons (Fsp3) is 0.500. The number of rotatable bonds is 4. The average molecular weight is 363 g/mol. The molecule has 2 rings (SSSR count). The van der Waals surface area contributed by atoms with Crippen LogP contribution in [0.3, 0.4) is 0 Å². The first kappa shape index (κ1) is 15.4. The Morgan fingerprint density at radius 1 is 1.55 bits per heavy atom. The summed E-state index contributed by atoms with van der Waals surface area (Å²) in [6, 6.07) is 2.99. The topological polar surface area (TPSA) is 87.6 Å². The monoisotopic (exact) mass is 362 g/mol. The van der Waals surface area contributed by atoms with Crippen LogP contribution in [0.15, 0.2) is 22.8 Å². The predicted molar refractivity (Wildman–Crippen MR) is 77.1 cm³/mol. The molecule has 1 unspecified atom stereocenters. The average Bonchev–Trinajstić information content (AvgIpc) is 2.76. The first-order valence-corrected chi connectivity index (χ1v) is 8.79. The van der Waals surface area contributed by atoms with Gasteiger partial charge in [0, 0.05) is 23.3 Å². The fourth-order valence-electron chi connectivity index (χ4n) is 2.26. The Hall–Kier alpha value is -0.990. The van der Waals surface area contributed by atoms with Crippen LogP contribution in [-0.4, -0.2) is 60.0 Å². The van der Waals surface area contributed by atoms with Gasteiger partial charge in [0.2, 0.25) is 0 Å². The van der Waals surface area contributed by atoms with Crippen LogP contribution in [-0.2, 0) is 9.84 Å². The van der Waals surface area contributed by atoms with Gasteiger partial charge >= 0.3 is 0 Å². The number of amides is 1. The summed E-state index contributed by atoms with van der Waals surface area (Å²) >= 11 is 3.26. The van der Waals surface area contributed by atoms with Crippen molar-refractivity contribution in [3.8, 4) is 0 Å². The lowest BCUT2D eigenvalue weighted by Gasteiger charge is -2.27. The molecule has 1 aliphatic rings. The molecule has 6 nitrogen and oxygen atoms in total. The van der Waals surface area contributed by atoms with Crippen LogP contribution >= 0.6 is 15.9 Å². The number of sulfone groups is 1. The number of carbonyl (C=O) groups excluding carboxylic acids is 1. The van der Waals surface area contributed by atoms with E-state index in [0.29, 0.717) is 10.9 Å². The van der Waals surface area contributed by atoms with Crippen molar-refractivity contribution in [2.75, 3.05) is 24.7 Å². The molecule has 2 heterocycles. The largest absolute Gasteiger partial charge is 0.395 e. The lowest BCUT2D eigenvalue weighted by Crippen LogP contribution is -2.43. The van der Waals surface area contributed by atoms with E-state index in [0.717, 1.165) is 0 Å². The Labute approximate surface area is 125 Å². The van der Waals surface area contributed by atoms with Crippen molar-refractivity contribution in [1.82, 2.24) is 9.88 Å². The van der Waals surface area contributed by atoms with Crippen LogP contribution in [0, 0.1) is 0 Å². The number of halogens is 1. The quantitative estimate of drug-likeness (QED) is 0.840. The molecular formula is C12H15BrN2O4S. The molecule has 0 spiro atoms. The minimum atomic E-state index is -3.09. The second-order valence-corrected chi connectivity index (χ2v) is 7.70. The number of nitrogens with zero attached hydrogens (tertiary/aromatic N) is 2. The molecule has 20 heavy (non-hydrogen) atoms. The van der Waals surface area contributed by atoms with Gasteiger partial charge in [0.05, 0.1) is 18.1 Å². The highest BCUT2D eigenvalue weighted by molar-refractivity contribution is 9.10. The highest BCUT2D eigenvalue weighted by atomic mass is 79.9. The Morgan fingerprint density at radius 2 is 2.30 bits per heavy atom. The molecule has 1 atom stereocenters. The molecule has 0 aliphatic carbocycles. The van der Waals surface area contributed by atoms with Gasteiger partial charge in [-0.3, -0.25) is 4.79 Å². The van der Waals surface area contributed by atoms with Gasteiger partial charge in [-0.25, -0.2) is 13.4 Å². The maximum Gasteiger partial charge on any atom is 0.273 e. The summed E-state index contributed by atoms with van der Waals surface area (Å²) in [7, 11) is -3.09. The van der Waals surface area contributed by atoms with Gasteiger partial charge in [-0.1, -0.05) is 0 Å². The molecule has 110 valence electrons. The molecule has 1 saturated heterocycles. The van der Waals surface area contributed by atoms with Gasteiger partial charge in [0.25, 0.3) is 5.91 Å². The first-order valence-electron chi connectivity index (χ1n) is 6.17. The number of pyridine rings is 1. The maximum absolute atomic E-state index is 12.5. The second kappa shape index (κ2) is 6.19. The highest BCUT2D eigenvalue weighted by Gasteiger charge is 2.35. The smallest absolute Gasteiger partial charge is 0.273 e. The van der Waals surface area contributed by atoms with E-state index < -0.39 is 15.9 Å². The number of hydrogen-bond donors (Lipinski definition) is 1. The molecule has 8 heteroatoms. The van der Waals surface area contributed by atoms with Gasteiger partial charge in [0.1, 0.15) is 5.69 Å². The SMILES string of the molecule is O=C(c1ncccc1Br)N(CCO)C1CCS(=O)(=O)C1. The Morgan fingerprint density at radius 3 is 2.85 bits per heavy atom. The van der Waals surface area contributed by atoms with E-state index in [1.165, 1.54) is 11.1 Å². The lowest BCUT2D eigenvalue weighted by molar-refractivity contribution is 0.0648. The van der Waals surface area contributed by atoms with Crippen molar-refractivity contribution in [2.24, 2.45) is 0 Å². The normalized spacial score (nSPS) is 20.8. The van der Waals surface area contributed by atoms with Gasteiger partial charge in [-0.15, -0.1) is 0 Å². The molecule has 0 bridgehead atoms. The van der Waals surface area contributed by atoms with E-state index in [4.69, 9.17) is 5.11 Å². The minimum absolute atomic E-state index is 0.0524. The molecule has 1 aliphatic heterocycles. The van der Waals surface area contributed by atoms with Crippen LogP contribution in [0.1, 0.15) is 16.9 Å². The van der Waals surface area contributed by atoms with Crippen LogP contribution < -0.4 is 0 Å².